The van der Waals surface area contributed by atoms with Crippen molar-refractivity contribution in [1.82, 2.24) is 0 Å². The van der Waals surface area contributed by atoms with Crippen molar-refractivity contribution in [3.8, 4) is 0 Å². The van der Waals surface area contributed by atoms with Crippen LogP contribution in [0.4, 0.5) is 0 Å². The molecule has 0 bridgehead atoms. The van der Waals surface area contributed by atoms with Crippen molar-refractivity contribution < 1.29 is 23.8 Å². The van der Waals surface area contributed by atoms with Crippen molar-refractivity contribution in [2.45, 2.75) is 207 Å². The van der Waals surface area contributed by atoms with Gasteiger partial charge in [0.2, 0.25) is 0 Å². The largest absolute Gasteiger partial charge is 0.462 e. The number of rotatable bonds is 44. The maximum absolute atomic E-state index is 12.7. The molecule has 0 fully saturated rings. The molecule has 0 heterocycles. The van der Waals surface area contributed by atoms with Crippen LogP contribution in [0.25, 0.3) is 0 Å². The summed E-state index contributed by atoms with van der Waals surface area (Å²) >= 11 is 0. The minimum Gasteiger partial charge on any atom is -0.462 e. The molecule has 0 spiro atoms. The maximum Gasteiger partial charge on any atom is 0.306 e. The van der Waals surface area contributed by atoms with Gasteiger partial charge in [0, 0.05) is 19.4 Å². The molecule has 0 aromatic carbocycles. The van der Waals surface area contributed by atoms with E-state index in [1.807, 2.05) is 6.08 Å². The van der Waals surface area contributed by atoms with E-state index in [-0.39, 0.29) is 25.2 Å². The highest BCUT2D eigenvalue weighted by Gasteiger charge is 2.17. The summed E-state index contributed by atoms with van der Waals surface area (Å²) in [6.45, 7) is 7.44. The van der Waals surface area contributed by atoms with Gasteiger partial charge in [-0.25, -0.2) is 0 Å². The summed E-state index contributed by atoms with van der Waals surface area (Å²) in [6.07, 6.45) is 72.2. The van der Waals surface area contributed by atoms with Crippen LogP contribution in [-0.2, 0) is 23.8 Å². The number of allylic oxidation sites excluding steroid dienone is 20. The van der Waals surface area contributed by atoms with E-state index in [0.717, 1.165) is 103 Å². The molecule has 0 aliphatic rings. The molecule has 0 rings (SSSR count). The number of hydrogen-bond acceptors (Lipinski definition) is 5. The zero-order valence-electron chi connectivity index (χ0n) is 40.1. The normalized spacial score (nSPS) is 13.3. The van der Waals surface area contributed by atoms with Crippen LogP contribution >= 0.6 is 0 Å². The Labute approximate surface area is 382 Å². The molecule has 0 amide bonds. The first-order valence-corrected chi connectivity index (χ1v) is 25.1. The second-order valence-electron chi connectivity index (χ2n) is 16.0. The Bertz CT molecular complexity index is 1290. The van der Waals surface area contributed by atoms with Crippen molar-refractivity contribution in [2.24, 2.45) is 0 Å². The molecular weight excluding hydrogens is 765 g/mol. The summed E-state index contributed by atoms with van der Waals surface area (Å²) in [5.41, 5.74) is 0. The molecule has 1 atom stereocenters. The van der Waals surface area contributed by atoms with Crippen molar-refractivity contribution in [3.05, 3.63) is 122 Å². The lowest BCUT2D eigenvalue weighted by Gasteiger charge is -2.18. The molecule has 0 aromatic rings. The second-order valence-corrected chi connectivity index (χ2v) is 16.0. The van der Waals surface area contributed by atoms with Crippen molar-refractivity contribution in [2.75, 3.05) is 19.8 Å². The van der Waals surface area contributed by atoms with E-state index in [0.29, 0.717) is 25.9 Å². The Morgan fingerprint density at radius 3 is 1.23 bits per heavy atom. The van der Waals surface area contributed by atoms with Gasteiger partial charge in [-0.15, -0.1) is 0 Å². The molecule has 1 unspecified atom stereocenters. The first-order chi connectivity index (χ1) is 30.6. The monoisotopic (exact) mass is 857 g/mol. The molecule has 0 N–H and O–H groups in total. The summed E-state index contributed by atoms with van der Waals surface area (Å²) in [7, 11) is 0. The van der Waals surface area contributed by atoms with Gasteiger partial charge in [-0.1, -0.05) is 213 Å². The minimum absolute atomic E-state index is 0.0311. The summed E-state index contributed by atoms with van der Waals surface area (Å²) in [5.74, 6) is -0.515. The fourth-order valence-corrected chi connectivity index (χ4v) is 6.35. The highest BCUT2D eigenvalue weighted by atomic mass is 16.6. The highest BCUT2D eigenvalue weighted by molar-refractivity contribution is 5.70. The summed E-state index contributed by atoms with van der Waals surface area (Å²) < 4.78 is 17.3. The zero-order chi connectivity index (χ0) is 44.9. The molecule has 5 heteroatoms. The Morgan fingerprint density at radius 2 is 0.758 bits per heavy atom. The van der Waals surface area contributed by atoms with Crippen molar-refractivity contribution in [3.63, 3.8) is 0 Å². The fourth-order valence-electron chi connectivity index (χ4n) is 6.35. The third kappa shape index (κ3) is 49.0. The van der Waals surface area contributed by atoms with Gasteiger partial charge in [-0.2, -0.15) is 0 Å². The van der Waals surface area contributed by atoms with Gasteiger partial charge in [0.15, 0.2) is 6.10 Å². The van der Waals surface area contributed by atoms with Crippen LogP contribution < -0.4 is 0 Å². The van der Waals surface area contributed by atoms with Crippen LogP contribution in [0.2, 0.25) is 0 Å². The second kappa shape index (κ2) is 51.6. The molecule has 350 valence electrons. The minimum atomic E-state index is -0.582. The molecular formula is C57H92O5. The maximum atomic E-state index is 12.7. The van der Waals surface area contributed by atoms with Crippen LogP contribution in [-0.4, -0.2) is 37.9 Å². The molecule has 0 aromatic heterocycles. The first kappa shape index (κ1) is 58.3. The van der Waals surface area contributed by atoms with E-state index in [9.17, 15) is 9.59 Å². The molecule has 5 nitrogen and oxygen atoms in total. The summed E-state index contributed by atoms with van der Waals surface area (Å²) in [5, 5.41) is 0. The highest BCUT2D eigenvalue weighted by Crippen LogP contribution is 2.12. The molecule has 0 saturated carbocycles. The average molecular weight is 857 g/mol. The van der Waals surface area contributed by atoms with Gasteiger partial charge in [-0.05, 0) is 96.3 Å². The third-order valence-electron chi connectivity index (χ3n) is 10.0. The van der Waals surface area contributed by atoms with E-state index >= 15 is 0 Å². The van der Waals surface area contributed by atoms with Crippen molar-refractivity contribution in [1.29, 1.82) is 0 Å². The Kier molecular flexibility index (Phi) is 48.6. The van der Waals surface area contributed by atoms with E-state index < -0.39 is 6.10 Å². The standard InChI is InChI=1S/C57H92O5/c1-4-7-10-13-16-19-21-23-25-27-29-30-32-34-36-39-41-44-47-50-56(58)61-54-55(62-57(59)51-48-45-42-38-18-15-12-9-6-3)53-60-52-49-46-43-40-37-35-33-31-28-26-24-22-20-17-14-11-8-5-2/h7-8,10-11,16-17,19-20,23-26,29-31,33-34,36,41,44,55H,4-6,9,12-15,18,21-22,27-28,32,35,37-40,42-43,45-54H2,1-3H3/b10-7-,11-8-,19-16-,20-17-,25-23-,26-24-,30-29-,33-31-,36-34-,44-41-. The van der Waals surface area contributed by atoms with E-state index in [1.165, 1.54) is 57.8 Å². The van der Waals surface area contributed by atoms with E-state index in [2.05, 4.69) is 136 Å². The third-order valence-corrected chi connectivity index (χ3v) is 10.0. The SMILES string of the molecule is CC/C=C\C/C=C\C/C=C\C/C=C\C/C=C\C/C=C\CCC(=O)OCC(COCCCCCCC/C=C\C/C=C\C/C=C\C/C=C\CC)OC(=O)CCCCCCCCCCC. The number of carbonyl (C=O) groups is 2. The predicted octanol–water partition coefficient (Wildman–Crippen LogP) is 17.0. The number of hydrogen-bond donors (Lipinski definition) is 0. The van der Waals surface area contributed by atoms with Gasteiger partial charge in [0.05, 0.1) is 6.61 Å². The van der Waals surface area contributed by atoms with Crippen LogP contribution in [0.15, 0.2) is 122 Å². The number of ether oxygens (including phenoxy) is 3. The number of unbranched alkanes of at least 4 members (excludes halogenated alkanes) is 13. The van der Waals surface area contributed by atoms with Crippen LogP contribution in [0.1, 0.15) is 201 Å². The Hall–Kier alpha value is -3.70. The molecule has 0 aliphatic carbocycles. The molecule has 0 aliphatic heterocycles. The van der Waals surface area contributed by atoms with Crippen LogP contribution in [0, 0.1) is 0 Å². The lowest BCUT2D eigenvalue weighted by Crippen LogP contribution is -2.30. The number of carbonyl (C=O) groups excluding carboxylic acids is 2. The van der Waals surface area contributed by atoms with Crippen LogP contribution in [0.5, 0.6) is 0 Å². The van der Waals surface area contributed by atoms with Gasteiger partial charge in [-0.3, -0.25) is 9.59 Å². The molecule has 0 saturated heterocycles. The first-order valence-electron chi connectivity index (χ1n) is 25.1. The van der Waals surface area contributed by atoms with E-state index in [4.69, 9.17) is 14.2 Å². The predicted molar refractivity (Wildman–Crippen MR) is 269 cm³/mol. The average Bonchev–Trinajstić information content (AvgIpc) is 3.27. The van der Waals surface area contributed by atoms with E-state index in [1.54, 1.807) is 0 Å². The zero-order valence-corrected chi connectivity index (χ0v) is 40.1. The molecule has 62 heavy (non-hydrogen) atoms. The summed E-state index contributed by atoms with van der Waals surface area (Å²) in [6, 6.07) is 0. The smallest absolute Gasteiger partial charge is 0.306 e. The quantitative estimate of drug-likeness (QED) is 0.0347. The van der Waals surface area contributed by atoms with Gasteiger partial charge in [0.1, 0.15) is 6.61 Å². The van der Waals surface area contributed by atoms with Crippen LogP contribution in [0.3, 0.4) is 0 Å². The topological polar surface area (TPSA) is 61.8 Å². The Balaban J connectivity index is 4.37. The number of esters is 2. The van der Waals surface area contributed by atoms with Gasteiger partial charge >= 0.3 is 11.9 Å². The van der Waals surface area contributed by atoms with Crippen molar-refractivity contribution >= 4 is 11.9 Å². The summed E-state index contributed by atoms with van der Waals surface area (Å²) in [4.78, 5) is 25.3. The Morgan fingerprint density at radius 1 is 0.371 bits per heavy atom. The molecule has 0 radical (unpaired) electrons. The lowest BCUT2D eigenvalue weighted by molar-refractivity contribution is -0.162. The van der Waals surface area contributed by atoms with Gasteiger partial charge < -0.3 is 14.2 Å². The van der Waals surface area contributed by atoms with Gasteiger partial charge in [0.25, 0.3) is 0 Å². The lowest BCUT2D eigenvalue weighted by atomic mass is 10.1. The fraction of sp³-hybridized carbons (Fsp3) is 0.614.